The molecule has 6 aliphatic rings. The number of para-hydroxylation sites is 4. The molecule has 1 aliphatic carbocycles. The van der Waals surface area contributed by atoms with E-state index < -0.39 is 5.41 Å². The van der Waals surface area contributed by atoms with Gasteiger partial charge in [0.15, 0.2) is 11.5 Å². The van der Waals surface area contributed by atoms with Crippen LogP contribution in [0, 0.1) is 13.0 Å². The molecule has 5 aliphatic heterocycles. The summed E-state index contributed by atoms with van der Waals surface area (Å²) in [5.74, 6) is 0.0723. The molecule has 17 rings (SSSR count). The molecular formula is C80H65B5BrCl2LiN2O+. The molecule has 12 heteroatoms. The maximum atomic E-state index is 12.2. The molecule has 437 valence electrons. The Morgan fingerprint density at radius 1 is 0.457 bits per heavy atom. The van der Waals surface area contributed by atoms with Crippen LogP contribution in [0.4, 0.5) is 28.4 Å². The smallest absolute Gasteiger partial charge is 0.343 e. The van der Waals surface area contributed by atoms with E-state index in [0.29, 0.717) is 0 Å². The molecule has 0 unspecified atom stereocenters. The number of hydrogen-bond acceptors (Lipinski definition) is 3. The molecule has 0 amide bonds. The van der Waals surface area contributed by atoms with Crippen molar-refractivity contribution in [2.45, 2.75) is 40.0 Å². The Morgan fingerprint density at radius 2 is 0.848 bits per heavy atom. The van der Waals surface area contributed by atoms with Crippen molar-refractivity contribution in [3.8, 4) is 0 Å². The van der Waals surface area contributed by atoms with Crippen LogP contribution in [-0.2, 0) is 5.41 Å². The largest absolute Gasteiger partial charge is 1.00 e. The monoisotopic (exact) mass is 1280 g/mol. The maximum Gasteiger partial charge on any atom is 1.00 e. The van der Waals surface area contributed by atoms with Gasteiger partial charge in [-0.2, -0.15) is 29.3 Å². The van der Waals surface area contributed by atoms with Crippen LogP contribution in [0.2, 0.25) is 0 Å². The number of benzene rings is 11. The van der Waals surface area contributed by atoms with Gasteiger partial charge in [-0.05, 0) is 97.5 Å². The molecule has 92 heavy (non-hydrogen) atoms. The van der Waals surface area contributed by atoms with Gasteiger partial charge in [0, 0.05) is 58.5 Å². The van der Waals surface area contributed by atoms with Gasteiger partial charge in [0.1, 0.15) is 12.2 Å². The molecule has 0 saturated carbocycles. The summed E-state index contributed by atoms with van der Waals surface area (Å²) in [5, 5.41) is 0. The zero-order valence-electron chi connectivity index (χ0n) is 50.2. The summed E-state index contributed by atoms with van der Waals surface area (Å²) in [4.78, 5) is 17.0. The molecule has 0 saturated heterocycles. The molecular weight excluding hydrogens is 1220 g/mol. The number of carbonyl (C=O) groups is 1. The van der Waals surface area contributed by atoms with Crippen LogP contribution >= 0.6 is 38.9 Å². The van der Waals surface area contributed by atoms with E-state index in [0.717, 1.165) is 38.6 Å². The van der Waals surface area contributed by atoms with Crippen molar-refractivity contribution in [2.75, 3.05) is 9.80 Å². The van der Waals surface area contributed by atoms with Gasteiger partial charge in [-0.25, -0.2) is 0 Å². The molecule has 1 spiro atoms. The van der Waals surface area contributed by atoms with E-state index in [1.54, 1.807) is 0 Å². The molecule has 0 bridgehead atoms. The third kappa shape index (κ3) is 11.3. The molecule has 11 aromatic carbocycles. The fourth-order valence-corrected chi connectivity index (χ4v) is 15.5. The molecule has 3 nitrogen and oxygen atoms in total. The predicted octanol–water partition coefficient (Wildman–Crippen LogP) is 10.7. The first-order chi connectivity index (χ1) is 43.3. The third-order valence-corrected chi connectivity index (χ3v) is 19.6. The Balaban J connectivity index is 0.000000157. The number of ketones is 1. The quantitative estimate of drug-likeness (QED) is 0.130. The topological polar surface area (TPSA) is 23.6 Å². The first kappa shape index (κ1) is 66.7. The second kappa shape index (κ2) is 28.8. The van der Waals surface area contributed by atoms with E-state index in [4.69, 9.17) is 22.9 Å². The maximum absolute atomic E-state index is 12.2. The van der Waals surface area contributed by atoms with Crippen LogP contribution in [0.3, 0.4) is 0 Å². The van der Waals surface area contributed by atoms with E-state index in [2.05, 4.69) is 276 Å². The Morgan fingerprint density at radius 3 is 1.36 bits per heavy atom. The molecule has 11 aromatic rings. The summed E-state index contributed by atoms with van der Waals surface area (Å²) < 4.78 is 1.14. The van der Waals surface area contributed by atoms with E-state index in [-0.39, 0.29) is 73.6 Å². The average molecular weight is 1280 g/mol. The summed E-state index contributed by atoms with van der Waals surface area (Å²) >= 11 is 17.5. The minimum absolute atomic E-state index is 0. The Labute approximate surface area is 578 Å². The number of fused-ring (bicyclic) bond motifs is 14. The zero-order valence-corrected chi connectivity index (χ0v) is 53.3. The average Bonchev–Trinajstić information content (AvgIpc) is 0.671. The van der Waals surface area contributed by atoms with Gasteiger partial charge < -0.3 is 11.8 Å². The zero-order chi connectivity index (χ0) is 59.9. The number of carbonyl (C=O) groups excluding carboxylic acids is 1. The van der Waals surface area contributed by atoms with Crippen molar-refractivity contribution >= 4 is 162 Å². The van der Waals surface area contributed by atoms with Gasteiger partial charge in [0.25, 0.3) is 0 Å². The van der Waals surface area contributed by atoms with Crippen molar-refractivity contribution in [3.63, 3.8) is 0 Å². The van der Waals surface area contributed by atoms with Gasteiger partial charge in [0.2, 0.25) is 13.4 Å². The minimum atomic E-state index is -0.481. The summed E-state index contributed by atoms with van der Waals surface area (Å²) in [6, 6.07) is 94.5. The predicted molar refractivity (Wildman–Crippen MR) is 400 cm³/mol. The Kier molecular flexibility index (Phi) is 20.9. The SMILES string of the molecule is Brc1ccccc1B1c2ccccc2N(C2=CC=[C+]C=C2)c2ccccc21.C.C.ClB1c2ccccc2C2(c3ccccc31)c1ccccc1B1c3ccccc3N(c3ccccc3)c3cccc2c31.O=C1c2ccccc2B(Cl)c2ccccc21.[B].[CH2-]CCC.[Li+]. The van der Waals surface area contributed by atoms with E-state index in [1.165, 1.54) is 101 Å². The minimum Gasteiger partial charge on any atom is -0.343 e. The molecule has 5 heterocycles. The fourth-order valence-electron chi connectivity index (χ4n) is 14.2. The first-order valence-corrected chi connectivity index (χ1v) is 31.9. The van der Waals surface area contributed by atoms with Crippen LogP contribution in [0.5, 0.6) is 0 Å². The van der Waals surface area contributed by atoms with E-state index in [1.807, 2.05) is 60.7 Å². The normalized spacial score (nSPS) is 13.5. The van der Waals surface area contributed by atoms with Gasteiger partial charge in [-0.15, -0.1) is 0 Å². The van der Waals surface area contributed by atoms with Crippen LogP contribution in [0.25, 0.3) is 0 Å². The number of hydrogen-bond donors (Lipinski definition) is 0. The summed E-state index contributed by atoms with van der Waals surface area (Å²) in [6.07, 6.45) is 13.2. The van der Waals surface area contributed by atoms with E-state index in [9.17, 15) is 4.79 Å². The fraction of sp³-hybridized carbons (Fsp3) is 0.0750. The van der Waals surface area contributed by atoms with Crippen LogP contribution < -0.4 is 83.3 Å². The summed E-state index contributed by atoms with van der Waals surface area (Å²) in [7, 11) is 0. The number of rotatable bonds is 4. The molecule has 0 fully saturated rings. The Hall–Kier alpha value is -8.20. The number of anilines is 5. The Bertz CT molecular complexity index is 4450. The van der Waals surface area contributed by atoms with Crippen molar-refractivity contribution in [1.29, 1.82) is 0 Å². The first-order valence-electron chi connectivity index (χ1n) is 30.2. The number of unbranched alkanes of at least 4 members (excludes halogenated alkanes) is 1. The molecule has 0 atom stereocenters. The summed E-state index contributed by atoms with van der Waals surface area (Å²) in [5.41, 5.74) is 25.7. The number of halogens is 3. The van der Waals surface area contributed by atoms with Crippen molar-refractivity contribution < 1.29 is 23.7 Å². The number of allylic oxidation sites excluding steroid dienone is 5. The van der Waals surface area contributed by atoms with Crippen molar-refractivity contribution in [3.05, 3.63) is 348 Å². The standard InChI is InChI=1S/C37H24B2ClN.C24H16BBrN.C13H8BClO.C4H9.2CH4.B.Li/c40-39-31-20-8-5-16-27(31)37(28-17-6-9-21-32(28)39)26-15-4-7-19-30(26)38-33-22-10-11-23-34(33)41(25-13-2-1-3-14-25)35-24-12-18-29(37)36(35)38;26-22-15-7-4-12-19(22)25-20-13-5-8-16-23(20)27(18-10-2-1-3-11-18)24-17-9-6-14-21(24)25;15-14-11-7-3-1-5-9(11)13(16)10-6-2-4-8-12(10)14;1-3-4-2;;;;/h1-24H;2-17H;1-8H;1,3-4H2,2H3;2*1H4;;/q;+1;;-1;;;;+1. The van der Waals surface area contributed by atoms with Gasteiger partial charge in [0.05, 0.1) is 17.6 Å². The van der Waals surface area contributed by atoms with Gasteiger partial charge in [-0.1, -0.05) is 290 Å². The van der Waals surface area contributed by atoms with Gasteiger partial charge in [-0.3, -0.25) is 9.69 Å². The molecule has 0 N–H and O–H groups in total. The second-order valence-corrected chi connectivity index (χ2v) is 24.4. The van der Waals surface area contributed by atoms with Crippen LogP contribution in [-0.4, -0.2) is 39.9 Å². The molecule has 0 aromatic heterocycles. The van der Waals surface area contributed by atoms with E-state index >= 15 is 0 Å². The second-order valence-electron chi connectivity index (χ2n) is 22.7. The van der Waals surface area contributed by atoms with Crippen molar-refractivity contribution in [1.82, 2.24) is 0 Å². The summed E-state index contributed by atoms with van der Waals surface area (Å²) in [6.45, 7) is 6.05. The van der Waals surface area contributed by atoms with Crippen LogP contribution in [0.15, 0.2) is 301 Å². The van der Waals surface area contributed by atoms with Crippen LogP contribution in [0.1, 0.15) is 72.8 Å². The number of nitrogens with zero attached hydrogens (tertiary/aromatic N) is 2. The van der Waals surface area contributed by atoms with Crippen molar-refractivity contribution in [2.24, 2.45) is 0 Å². The molecule has 3 radical (unpaired) electrons. The third-order valence-electron chi connectivity index (χ3n) is 17.9. The van der Waals surface area contributed by atoms with Gasteiger partial charge >= 0.3 is 31.1 Å².